The van der Waals surface area contributed by atoms with Crippen molar-refractivity contribution in [2.75, 3.05) is 0 Å². The van der Waals surface area contributed by atoms with E-state index in [-0.39, 0.29) is 33.5 Å². The molecule has 0 aliphatic carbocycles. The predicted octanol–water partition coefficient (Wildman–Crippen LogP) is 11.6. The summed E-state index contributed by atoms with van der Waals surface area (Å²) in [7, 11) is 0. The number of fused-ring (bicyclic) bond motifs is 2. The van der Waals surface area contributed by atoms with E-state index in [2.05, 4.69) is 46.6 Å². The van der Waals surface area contributed by atoms with Gasteiger partial charge >= 0.3 is 22.4 Å². The minimum absolute atomic E-state index is 0. The molecule has 0 spiro atoms. The van der Waals surface area contributed by atoms with Crippen LogP contribution in [-0.2, 0) is 22.4 Å². The Hall–Kier alpha value is -7.62. The quantitative estimate of drug-likeness (QED) is 0.117. The number of aliphatic imine (C=N–C) groups is 2. The number of hydrogen-bond acceptors (Lipinski definition) is 4. The molecule has 2 aromatic heterocycles. The largest absolute Gasteiger partial charge is 1.00 e. The summed E-state index contributed by atoms with van der Waals surface area (Å²) < 4.78 is 3.15. The number of para-hydroxylation sites is 2. The van der Waals surface area contributed by atoms with Crippen LogP contribution >= 0.6 is 0 Å². The Balaban J connectivity index is 0.000000170. The number of benzene rings is 8. The molecular formula is C54H42AgN6O2+. The number of rotatable bonds is 8. The molecule has 0 fully saturated rings. The average Bonchev–Trinajstić information content (AvgIpc) is 3.80. The predicted molar refractivity (Wildman–Crippen MR) is 254 cm³/mol. The van der Waals surface area contributed by atoms with Crippen LogP contribution in [0.25, 0.3) is 32.9 Å². The van der Waals surface area contributed by atoms with E-state index >= 15 is 0 Å². The van der Waals surface area contributed by atoms with Crippen LogP contribution in [0.1, 0.15) is 33.6 Å². The number of nitrogens with zero attached hydrogens (tertiary/aromatic N) is 4. The van der Waals surface area contributed by atoms with Gasteiger partial charge in [-0.2, -0.15) is 0 Å². The van der Waals surface area contributed by atoms with Crippen molar-refractivity contribution in [1.29, 1.82) is 0 Å². The van der Waals surface area contributed by atoms with Gasteiger partial charge in [0.2, 0.25) is 0 Å². The molecule has 8 aromatic carbocycles. The van der Waals surface area contributed by atoms with Gasteiger partial charge in [0.1, 0.15) is 0 Å². The van der Waals surface area contributed by atoms with Gasteiger partial charge in [-0.15, -0.1) is 0 Å². The van der Waals surface area contributed by atoms with Gasteiger partial charge in [0.25, 0.3) is 11.1 Å². The first-order valence-electron chi connectivity index (χ1n) is 20.4. The molecule has 8 nitrogen and oxygen atoms in total. The van der Waals surface area contributed by atoms with Crippen molar-refractivity contribution in [3.8, 4) is 11.4 Å². The zero-order valence-electron chi connectivity index (χ0n) is 34.5. The standard InChI is InChI=1S/2C27H21N3O.Ag/c2*1-19-25(27(31)30(29-19)22-15-6-3-7-16-22)26(21-12-4-2-5-13-21)28-24-18-10-14-20-11-8-9-17-23(20)24;/h2*2-18,29H,1H3;/q;;+1. The fraction of sp³-hybridized carbons (Fsp3) is 0.0370. The van der Waals surface area contributed by atoms with Crippen LogP contribution in [0, 0.1) is 13.8 Å². The third-order valence-electron chi connectivity index (χ3n) is 10.7. The zero-order valence-corrected chi connectivity index (χ0v) is 36.0. The van der Waals surface area contributed by atoms with Gasteiger partial charge < -0.3 is 0 Å². The fourth-order valence-electron chi connectivity index (χ4n) is 7.74. The monoisotopic (exact) mass is 913 g/mol. The summed E-state index contributed by atoms with van der Waals surface area (Å²) >= 11 is 0. The summed E-state index contributed by atoms with van der Waals surface area (Å²) in [6.45, 7) is 3.83. The summed E-state index contributed by atoms with van der Waals surface area (Å²) in [5.74, 6) is 0. The van der Waals surface area contributed by atoms with Crippen LogP contribution in [0.15, 0.2) is 226 Å². The molecule has 0 bridgehead atoms. The van der Waals surface area contributed by atoms with Gasteiger partial charge in [-0.1, -0.05) is 170 Å². The zero-order chi connectivity index (χ0) is 42.4. The van der Waals surface area contributed by atoms with Gasteiger partial charge in [-0.05, 0) is 61.0 Å². The Bertz CT molecular complexity index is 3110. The van der Waals surface area contributed by atoms with Crippen molar-refractivity contribution in [3.05, 3.63) is 261 Å². The molecule has 0 aliphatic rings. The van der Waals surface area contributed by atoms with Gasteiger partial charge in [0, 0.05) is 33.3 Å². The summed E-state index contributed by atoms with van der Waals surface area (Å²) in [5.41, 5.74) is 8.82. The van der Waals surface area contributed by atoms with E-state index in [1.165, 1.54) is 0 Å². The van der Waals surface area contributed by atoms with E-state index < -0.39 is 0 Å². The molecule has 0 aliphatic heterocycles. The molecule has 0 atom stereocenters. The summed E-state index contributed by atoms with van der Waals surface area (Å²) in [6.07, 6.45) is 0. The third kappa shape index (κ3) is 8.78. The number of aryl methyl sites for hydroxylation is 2. The molecule has 10 aromatic rings. The van der Waals surface area contributed by atoms with E-state index in [0.717, 1.165) is 66.8 Å². The summed E-state index contributed by atoms with van der Waals surface area (Å²) in [4.78, 5) is 37.1. The van der Waals surface area contributed by atoms with Crippen molar-refractivity contribution >= 4 is 44.3 Å². The summed E-state index contributed by atoms with van der Waals surface area (Å²) in [5, 5.41) is 10.8. The average molecular weight is 915 g/mol. The molecule has 10 rings (SSSR count). The van der Waals surface area contributed by atoms with Crippen LogP contribution in [-0.4, -0.2) is 31.0 Å². The molecule has 0 saturated heterocycles. The smallest absolute Gasteiger partial charge is 0.295 e. The molecule has 310 valence electrons. The molecule has 63 heavy (non-hydrogen) atoms. The van der Waals surface area contributed by atoms with E-state index in [9.17, 15) is 9.59 Å². The fourth-order valence-corrected chi connectivity index (χ4v) is 7.74. The Labute approximate surface area is 380 Å². The first-order chi connectivity index (χ1) is 30.4. The number of H-pyrrole nitrogens is 2. The second-order valence-corrected chi connectivity index (χ2v) is 14.8. The van der Waals surface area contributed by atoms with Gasteiger partial charge in [-0.25, -0.2) is 19.3 Å². The van der Waals surface area contributed by atoms with Crippen molar-refractivity contribution in [3.63, 3.8) is 0 Å². The van der Waals surface area contributed by atoms with Crippen molar-refractivity contribution in [2.45, 2.75) is 13.8 Å². The van der Waals surface area contributed by atoms with E-state index in [1.54, 1.807) is 9.36 Å². The van der Waals surface area contributed by atoms with Crippen LogP contribution in [0.2, 0.25) is 0 Å². The number of aromatic nitrogens is 4. The molecule has 0 amide bonds. The first-order valence-corrected chi connectivity index (χ1v) is 20.4. The maximum atomic E-state index is 13.5. The minimum atomic E-state index is -0.119. The van der Waals surface area contributed by atoms with Crippen LogP contribution in [0.4, 0.5) is 11.4 Å². The van der Waals surface area contributed by atoms with E-state index in [0.29, 0.717) is 22.6 Å². The number of hydrogen-bond donors (Lipinski definition) is 2. The van der Waals surface area contributed by atoms with Gasteiger partial charge in [0.05, 0.1) is 45.3 Å². The Morgan fingerprint density at radius 1 is 0.397 bits per heavy atom. The van der Waals surface area contributed by atoms with Crippen LogP contribution in [0.5, 0.6) is 0 Å². The maximum absolute atomic E-state index is 13.5. The maximum Gasteiger partial charge on any atom is 1.00 e. The molecule has 2 heterocycles. The molecule has 0 saturated carbocycles. The Morgan fingerprint density at radius 3 is 1.10 bits per heavy atom. The number of aromatic amines is 2. The number of nitrogens with one attached hydrogen (secondary N) is 2. The normalized spacial score (nSPS) is 11.5. The molecular weight excluding hydrogens is 873 g/mol. The molecule has 0 radical (unpaired) electrons. The van der Waals surface area contributed by atoms with E-state index in [1.807, 2.05) is 184 Å². The molecule has 2 N–H and O–H groups in total. The second-order valence-electron chi connectivity index (χ2n) is 14.8. The molecule has 9 heteroatoms. The van der Waals surface area contributed by atoms with Crippen LogP contribution in [0.3, 0.4) is 0 Å². The topological polar surface area (TPSA) is 100 Å². The van der Waals surface area contributed by atoms with Gasteiger partial charge in [-0.3, -0.25) is 19.8 Å². The third-order valence-corrected chi connectivity index (χ3v) is 10.7. The van der Waals surface area contributed by atoms with E-state index in [4.69, 9.17) is 9.98 Å². The first kappa shape index (κ1) is 42.1. The van der Waals surface area contributed by atoms with Crippen molar-refractivity contribution in [2.24, 2.45) is 9.98 Å². The van der Waals surface area contributed by atoms with Crippen molar-refractivity contribution < 1.29 is 22.4 Å². The second kappa shape index (κ2) is 19.0. The Kier molecular flexibility index (Phi) is 12.7. The SMILES string of the molecule is Cc1[nH]n(-c2ccccc2)c(=O)c1C(=Nc1cccc2ccccc12)c1ccccc1.Cc1[nH]n(-c2ccccc2)c(=O)c1C(=Nc1cccc2ccccc12)c1ccccc1.[Ag+]. The minimum Gasteiger partial charge on any atom is -0.295 e. The summed E-state index contributed by atoms with van der Waals surface area (Å²) in [6, 6.07) is 67.3. The molecule has 0 unspecified atom stereocenters. The van der Waals surface area contributed by atoms with Gasteiger partial charge in [0.15, 0.2) is 0 Å². The Morgan fingerprint density at radius 2 is 0.714 bits per heavy atom. The van der Waals surface area contributed by atoms with Crippen molar-refractivity contribution in [1.82, 2.24) is 19.6 Å². The van der Waals surface area contributed by atoms with Crippen LogP contribution < -0.4 is 11.1 Å².